The lowest BCUT2D eigenvalue weighted by Crippen LogP contribution is -2.29. The molecule has 1 atom stereocenters. The van der Waals surface area contributed by atoms with Gasteiger partial charge >= 0.3 is 0 Å². The van der Waals surface area contributed by atoms with E-state index in [1.54, 1.807) is 35.3 Å². The highest BCUT2D eigenvalue weighted by Crippen LogP contribution is 2.39. The van der Waals surface area contributed by atoms with Gasteiger partial charge in [-0.15, -0.1) is 0 Å². The summed E-state index contributed by atoms with van der Waals surface area (Å²) in [5, 5.41) is 18.7. The summed E-state index contributed by atoms with van der Waals surface area (Å²) < 4.78 is 27.9. The molecule has 0 spiro atoms. The number of rotatable bonds is 7. The molecule has 0 saturated heterocycles. The molecule has 8 nitrogen and oxygen atoms in total. The highest BCUT2D eigenvalue weighted by atomic mass is 35.5. The van der Waals surface area contributed by atoms with E-state index < -0.39 is 14.9 Å². The first-order valence-electron chi connectivity index (χ1n) is 9.94. The van der Waals surface area contributed by atoms with Crippen molar-refractivity contribution in [2.24, 2.45) is 5.10 Å². The predicted octanol–water partition coefficient (Wildman–Crippen LogP) is 5.84. The summed E-state index contributed by atoms with van der Waals surface area (Å²) in [6, 6.07) is 16.8. The molecule has 0 amide bonds. The zero-order valence-corrected chi connectivity index (χ0v) is 20.4. The van der Waals surface area contributed by atoms with Crippen LogP contribution in [-0.4, -0.2) is 25.6 Å². The van der Waals surface area contributed by atoms with Gasteiger partial charge in [0, 0.05) is 28.6 Å². The molecule has 3 aromatic rings. The van der Waals surface area contributed by atoms with Crippen LogP contribution < -0.4 is 9.73 Å². The molecule has 0 bridgehead atoms. The number of nitro benzene ring substituents is 1. The Hall–Kier alpha value is -2.69. The number of hydrazone groups is 1. The third-order valence-corrected chi connectivity index (χ3v) is 7.42. The van der Waals surface area contributed by atoms with E-state index in [0.29, 0.717) is 32.9 Å². The number of non-ortho nitro benzene ring substituents is 1. The average Bonchev–Trinajstić information content (AvgIpc) is 3.22. The van der Waals surface area contributed by atoms with Gasteiger partial charge in [-0.1, -0.05) is 46.9 Å². The molecular weight excluding hydrogens is 523 g/mol. The number of halogens is 3. The van der Waals surface area contributed by atoms with Crippen molar-refractivity contribution in [2.75, 3.05) is 11.6 Å². The topological polar surface area (TPSA) is 105 Å². The van der Waals surface area contributed by atoms with Crippen molar-refractivity contribution in [1.29, 1.82) is 0 Å². The molecule has 1 aliphatic heterocycles. The Balaban J connectivity index is 1.58. The number of hydrogen-bond acceptors (Lipinski definition) is 6. The van der Waals surface area contributed by atoms with Crippen LogP contribution in [0.25, 0.3) is 0 Å². The number of hydrogen-bond donors (Lipinski definition) is 1. The van der Waals surface area contributed by atoms with Crippen LogP contribution in [0.3, 0.4) is 0 Å². The Morgan fingerprint density at radius 3 is 2.26 bits per heavy atom. The minimum atomic E-state index is -3.91. The lowest BCUT2D eigenvalue weighted by molar-refractivity contribution is -0.384. The van der Waals surface area contributed by atoms with E-state index in [1.165, 1.54) is 12.1 Å². The van der Waals surface area contributed by atoms with Crippen molar-refractivity contribution < 1.29 is 13.3 Å². The summed E-state index contributed by atoms with van der Waals surface area (Å²) in [5.41, 5.74) is 1.93. The largest absolute Gasteiger partial charge is 0.269 e. The van der Waals surface area contributed by atoms with Gasteiger partial charge in [-0.05, 0) is 48.0 Å². The third-order valence-electron chi connectivity index (χ3n) is 5.21. The molecule has 12 heteroatoms. The Kier molecular flexibility index (Phi) is 7.11. The van der Waals surface area contributed by atoms with Crippen LogP contribution in [0.15, 0.2) is 76.7 Å². The van der Waals surface area contributed by atoms with E-state index in [-0.39, 0.29) is 23.2 Å². The van der Waals surface area contributed by atoms with Gasteiger partial charge < -0.3 is 0 Å². The summed E-state index contributed by atoms with van der Waals surface area (Å²) in [6.45, 7) is -0.0505. The zero-order chi connectivity index (χ0) is 24.5. The van der Waals surface area contributed by atoms with Gasteiger partial charge in [-0.25, -0.2) is 13.1 Å². The van der Waals surface area contributed by atoms with Crippen LogP contribution >= 0.6 is 34.8 Å². The van der Waals surface area contributed by atoms with Gasteiger partial charge in [0.1, 0.15) is 0 Å². The first-order valence-corrected chi connectivity index (χ1v) is 12.6. The molecule has 0 fully saturated rings. The first kappa shape index (κ1) is 24.4. The Morgan fingerprint density at radius 1 is 1.00 bits per heavy atom. The molecule has 0 radical (unpaired) electrons. The molecule has 0 aliphatic carbocycles. The van der Waals surface area contributed by atoms with Gasteiger partial charge in [-0.2, -0.15) is 5.10 Å². The van der Waals surface area contributed by atoms with Crippen LogP contribution in [0.1, 0.15) is 18.0 Å². The molecular formula is C22H17Cl3N4O4S. The average molecular weight is 540 g/mol. The molecule has 1 heterocycles. The molecule has 0 saturated carbocycles. The highest BCUT2D eigenvalue weighted by molar-refractivity contribution is 7.89. The van der Waals surface area contributed by atoms with Crippen molar-refractivity contribution in [1.82, 2.24) is 4.72 Å². The van der Waals surface area contributed by atoms with Crippen molar-refractivity contribution in [3.8, 4) is 0 Å². The zero-order valence-electron chi connectivity index (χ0n) is 17.4. The monoisotopic (exact) mass is 538 g/mol. The van der Waals surface area contributed by atoms with Gasteiger partial charge in [0.2, 0.25) is 10.0 Å². The Morgan fingerprint density at radius 2 is 1.65 bits per heavy atom. The van der Waals surface area contributed by atoms with Gasteiger partial charge in [0.05, 0.1) is 38.8 Å². The fourth-order valence-corrected chi connectivity index (χ4v) is 5.16. The smallest absolute Gasteiger partial charge is 0.258 e. The predicted molar refractivity (Wildman–Crippen MR) is 133 cm³/mol. The fourth-order valence-electron chi connectivity index (χ4n) is 3.52. The summed E-state index contributed by atoms with van der Waals surface area (Å²) in [6.07, 6.45) is 0.434. The van der Waals surface area contributed by atoms with Crippen molar-refractivity contribution in [2.45, 2.75) is 17.4 Å². The van der Waals surface area contributed by atoms with E-state index in [0.717, 1.165) is 17.7 Å². The van der Waals surface area contributed by atoms with Crippen LogP contribution in [0, 0.1) is 10.1 Å². The second-order valence-electron chi connectivity index (χ2n) is 7.45. The first-order chi connectivity index (χ1) is 16.1. The molecule has 1 aliphatic rings. The number of benzene rings is 3. The van der Waals surface area contributed by atoms with E-state index >= 15 is 0 Å². The van der Waals surface area contributed by atoms with Gasteiger partial charge in [-0.3, -0.25) is 15.1 Å². The summed E-state index contributed by atoms with van der Waals surface area (Å²) in [4.78, 5) is 10.1. The van der Waals surface area contributed by atoms with Crippen molar-refractivity contribution in [3.05, 3.63) is 97.5 Å². The van der Waals surface area contributed by atoms with Crippen LogP contribution in [0.2, 0.25) is 15.1 Å². The SMILES string of the molecule is O=[N+]([O-])c1ccc(S(=O)(=O)NCC2=NN(c3ccc(Cl)cc3Cl)C(c3ccc(Cl)cc3)C2)cc1. The standard InChI is InChI=1S/C22H17Cl3N4O4S/c23-15-3-1-14(2-4-15)22-12-17(27-28(22)21-10-5-16(24)11-20(21)25)13-26-34(32,33)19-8-6-18(7-9-19)29(30)31/h1-11,22,26H,12-13H2. The molecule has 34 heavy (non-hydrogen) atoms. The minimum absolute atomic E-state index is 0.0505. The maximum atomic E-state index is 12.7. The van der Waals surface area contributed by atoms with E-state index in [2.05, 4.69) is 9.82 Å². The Bertz CT molecular complexity index is 1360. The van der Waals surface area contributed by atoms with Gasteiger partial charge in [0.25, 0.3) is 5.69 Å². The summed E-state index contributed by atoms with van der Waals surface area (Å²) >= 11 is 18.5. The normalized spacial score (nSPS) is 15.9. The quantitative estimate of drug-likeness (QED) is 0.300. The van der Waals surface area contributed by atoms with Crippen molar-refractivity contribution >= 4 is 61.9 Å². The van der Waals surface area contributed by atoms with Gasteiger partial charge in [0.15, 0.2) is 0 Å². The van der Waals surface area contributed by atoms with Crippen molar-refractivity contribution in [3.63, 3.8) is 0 Å². The molecule has 3 aromatic carbocycles. The number of anilines is 1. The third kappa shape index (κ3) is 5.34. The molecule has 1 N–H and O–H groups in total. The second kappa shape index (κ2) is 9.89. The van der Waals surface area contributed by atoms with Crippen LogP contribution in [0.4, 0.5) is 11.4 Å². The number of nitrogens with zero attached hydrogens (tertiary/aromatic N) is 3. The van der Waals surface area contributed by atoms with E-state index in [9.17, 15) is 18.5 Å². The summed E-state index contributed by atoms with van der Waals surface area (Å²) in [7, 11) is -3.91. The van der Waals surface area contributed by atoms with Crippen LogP contribution in [0.5, 0.6) is 0 Å². The second-order valence-corrected chi connectivity index (χ2v) is 10.5. The summed E-state index contributed by atoms with van der Waals surface area (Å²) in [5.74, 6) is 0. The number of nitro groups is 1. The molecule has 4 rings (SSSR count). The minimum Gasteiger partial charge on any atom is -0.258 e. The number of nitrogens with one attached hydrogen (secondary N) is 1. The highest BCUT2D eigenvalue weighted by Gasteiger charge is 2.31. The lowest BCUT2D eigenvalue weighted by Gasteiger charge is -2.25. The van der Waals surface area contributed by atoms with E-state index in [1.807, 2.05) is 12.1 Å². The van der Waals surface area contributed by atoms with E-state index in [4.69, 9.17) is 34.8 Å². The maximum absolute atomic E-state index is 12.7. The Labute approximate surface area is 210 Å². The number of sulfonamides is 1. The molecule has 0 aromatic heterocycles. The fraction of sp³-hybridized carbons (Fsp3) is 0.136. The van der Waals surface area contributed by atoms with Crippen LogP contribution in [-0.2, 0) is 10.0 Å². The molecule has 176 valence electrons. The lowest BCUT2D eigenvalue weighted by atomic mass is 10.0. The molecule has 1 unspecified atom stereocenters. The maximum Gasteiger partial charge on any atom is 0.269 e.